The van der Waals surface area contributed by atoms with Crippen LogP contribution in [0.1, 0.15) is 24.0 Å². The average molecular weight is 233 g/mol. The van der Waals surface area contributed by atoms with Crippen LogP contribution in [0.3, 0.4) is 0 Å². The molecule has 0 saturated carbocycles. The fraction of sp³-hybridized carbons (Fsp3) is 0.385. The summed E-state index contributed by atoms with van der Waals surface area (Å²) in [7, 11) is 1.20. The van der Waals surface area contributed by atoms with Crippen molar-refractivity contribution in [2.75, 3.05) is 12.4 Å². The summed E-state index contributed by atoms with van der Waals surface area (Å²) >= 11 is 0. The number of fused-ring (bicyclic) bond motifs is 1. The van der Waals surface area contributed by atoms with Gasteiger partial charge in [-0.3, -0.25) is 4.79 Å². The second-order valence-electron chi connectivity index (χ2n) is 4.10. The third-order valence-corrected chi connectivity index (χ3v) is 3.01. The number of benzene rings is 1. The molecule has 0 atom stereocenters. The zero-order chi connectivity index (χ0) is 12.3. The first kappa shape index (κ1) is 11.6. The monoisotopic (exact) mass is 233 g/mol. The van der Waals surface area contributed by atoms with Gasteiger partial charge in [-0.2, -0.15) is 0 Å². The first-order valence-electron chi connectivity index (χ1n) is 5.72. The van der Waals surface area contributed by atoms with Crippen LogP contribution in [0.25, 0.3) is 0 Å². The maximum atomic E-state index is 11.4. The van der Waals surface area contributed by atoms with Crippen LogP contribution in [0.15, 0.2) is 18.2 Å². The molecule has 0 saturated heterocycles. The number of anilines is 1. The van der Waals surface area contributed by atoms with E-state index in [0.29, 0.717) is 0 Å². The van der Waals surface area contributed by atoms with Crippen LogP contribution in [0.2, 0.25) is 0 Å². The number of hydrogen-bond acceptors (Lipinski definition) is 3. The van der Waals surface area contributed by atoms with E-state index in [1.165, 1.54) is 19.1 Å². The lowest BCUT2D eigenvalue weighted by Crippen LogP contribution is -2.25. The smallest absolute Gasteiger partial charge is 0.396 e. The summed E-state index contributed by atoms with van der Waals surface area (Å²) in [5, 5.41) is 2.61. The van der Waals surface area contributed by atoms with Crippen LogP contribution in [0, 0.1) is 0 Å². The molecular weight excluding hydrogens is 218 g/mol. The van der Waals surface area contributed by atoms with Gasteiger partial charge in [0.1, 0.15) is 0 Å². The van der Waals surface area contributed by atoms with Gasteiger partial charge in [0.15, 0.2) is 0 Å². The number of esters is 1. The SMILES string of the molecule is COC(=O)C(=O)Nc1cccc2c1CCCC2. The molecule has 1 aliphatic carbocycles. The van der Waals surface area contributed by atoms with Gasteiger partial charge in [-0.15, -0.1) is 0 Å². The van der Waals surface area contributed by atoms with Crippen LogP contribution >= 0.6 is 0 Å². The molecule has 1 aromatic carbocycles. The number of carbonyl (C=O) groups excluding carboxylic acids is 2. The van der Waals surface area contributed by atoms with E-state index in [2.05, 4.69) is 16.1 Å². The Morgan fingerprint density at radius 2 is 2.00 bits per heavy atom. The third-order valence-electron chi connectivity index (χ3n) is 3.01. The van der Waals surface area contributed by atoms with E-state index in [9.17, 15) is 9.59 Å². The molecule has 1 amide bonds. The number of hydrogen-bond donors (Lipinski definition) is 1. The minimum absolute atomic E-state index is 0.716. The molecule has 1 aromatic rings. The van der Waals surface area contributed by atoms with Crippen molar-refractivity contribution in [3.8, 4) is 0 Å². The molecule has 0 aromatic heterocycles. The first-order chi connectivity index (χ1) is 8.22. The first-order valence-corrected chi connectivity index (χ1v) is 5.72. The topological polar surface area (TPSA) is 55.4 Å². The number of methoxy groups -OCH3 is 1. The molecular formula is C13H15NO3. The van der Waals surface area contributed by atoms with E-state index >= 15 is 0 Å². The average Bonchev–Trinajstić information content (AvgIpc) is 2.38. The lowest BCUT2D eigenvalue weighted by atomic mass is 9.90. The molecule has 17 heavy (non-hydrogen) atoms. The van der Waals surface area contributed by atoms with Gasteiger partial charge < -0.3 is 10.1 Å². The fourth-order valence-electron chi connectivity index (χ4n) is 2.16. The number of ether oxygens (including phenoxy) is 1. The van der Waals surface area contributed by atoms with Gasteiger partial charge in [0, 0.05) is 5.69 Å². The highest BCUT2D eigenvalue weighted by Crippen LogP contribution is 2.27. The molecule has 0 aliphatic heterocycles. The van der Waals surface area contributed by atoms with Gasteiger partial charge >= 0.3 is 11.9 Å². The van der Waals surface area contributed by atoms with E-state index < -0.39 is 11.9 Å². The van der Waals surface area contributed by atoms with Crippen LogP contribution in [0.4, 0.5) is 5.69 Å². The van der Waals surface area contributed by atoms with E-state index in [1.54, 1.807) is 0 Å². The Kier molecular flexibility index (Phi) is 3.42. The maximum absolute atomic E-state index is 11.4. The summed E-state index contributed by atoms with van der Waals surface area (Å²) in [5.41, 5.74) is 3.15. The van der Waals surface area contributed by atoms with E-state index in [4.69, 9.17) is 0 Å². The predicted octanol–water partition coefficient (Wildman–Crippen LogP) is 1.68. The summed E-state index contributed by atoms with van der Waals surface area (Å²) < 4.78 is 4.38. The Morgan fingerprint density at radius 3 is 2.76 bits per heavy atom. The number of rotatable bonds is 1. The van der Waals surface area contributed by atoms with E-state index in [0.717, 1.165) is 30.5 Å². The lowest BCUT2D eigenvalue weighted by molar-refractivity contribution is -0.150. The van der Waals surface area contributed by atoms with E-state index in [-0.39, 0.29) is 0 Å². The maximum Gasteiger partial charge on any atom is 0.396 e. The second-order valence-corrected chi connectivity index (χ2v) is 4.10. The normalized spacial score (nSPS) is 13.7. The quantitative estimate of drug-likeness (QED) is 0.593. The summed E-state index contributed by atoms with van der Waals surface area (Å²) in [4.78, 5) is 22.5. The van der Waals surface area contributed by atoms with Crippen LogP contribution in [0.5, 0.6) is 0 Å². The minimum Gasteiger partial charge on any atom is -0.462 e. The van der Waals surface area contributed by atoms with Crippen molar-refractivity contribution in [3.63, 3.8) is 0 Å². The van der Waals surface area contributed by atoms with Crippen molar-refractivity contribution in [3.05, 3.63) is 29.3 Å². The summed E-state index contributed by atoms with van der Waals surface area (Å²) in [6, 6.07) is 5.80. The number of nitrogens with one attached hydrogen (secondary N) is 1. The van der Waals surface area contributed by atoms with Gasteiger partial charge in [-0.05, 0) is 42.9 Å². The number of amides is 1. The van der Waals surface area contributed by atoms with Crippen LogP contribution < -0.4 is 5.32 Å². The summed E-state index contributed by atoms with van der Waals surface area (Å²) in [6.45, 7) is 0. The third kappa shape index (κ3) is 2.46. The molecule has 0 spiro atoms. The number of aryl methyl sites for hydroxylation is 1. The summed E-state index contributed by atoms with van der Waals surface area (Å²) in [6.07, 6.45) is 4.30. The van der Waals surface area contributed by atoms with Crippen molar-refractivity contribution in [2.45, 2.75) is 25.7 Å². The van der Waals surface area contributed by atoms with Gasteiger partial charge in [0.2, 0.25) is 0 Å². The van der Waals surface area contributed by atoms with Crippen molar-refractivity contribution in [2.24, 2.45) is 0 Å². The Hall–Kier alpha value is -1.84. The van der Waals surface area contributed by atoms with Crippen molar-refractivity contribution in [1.82, 2.24) is 0 Å². The molecule has 90 valence electrons. The predicted molar refractivity (Wildman–Crippen MR) is 63.7 cm³/mol. The van der Waals surface area contributed by atoms with Gasteiger partial charge in [-0.1, -0.05) is 12.1 Å². The van der Waals surface area contributed by atoms with Crippen LogP contribution in [-0.2, 0) is 27.2 Å². The van der Waals surface area contributed by atoms with Crippen molar-refractivity contribution >= 4 is 17.6 Å². The highest BCUT2D eigenvalue weighted by atomic mass is 16.5. The minimum atomic E-state index is -0.863. The Bertz CT molecular complexity index is 454. The highest BCUT2D eigenvalue weighted by Gasteiger charge is 2.18. The molecule has 1 N–H and O–H groups in total. The Balaban J connectivity index is 2.21. The molecule has 2 rings (SSSR count). The molecule has 0 radical (unpaired) electrons. The molecule has 0 heterocycles. The molecule has 0 unspecified atom stereocenters. The van der Waals surface area contributed by atoms with Crippen molar-refractivity contribution in [1.29, 1.82) is 0 Å². The Labute approximate surface area is 100.0 Å². The molecule has 4 nitrogen and oxygen atoms in total. The fourth-order valence-corrected chi connectivity index (χ4v) is 2.16. The Morgan fingerprint density at radius 1 is 1.24 bits per heavy atom. The van der Waals surface area contributed by atoms with E-state index in [1.807, 2.05) is 12.1 Å². The van der Waals surface area contributed by atoms with Crippen molar-refractivity contribution < 1.29 is 14.3 Å². The highest BCUT2D eigenvalue weighted by molar-refractivity contribution is 6.37. The largest absolute Gasteiger partial charge is 0.462 e. The second kappa shape index (κ2) is 4.99. The van der Waals surface area contributed by atoms with Gasteiger partial charge in [0.25, 0.3) is 0 Å². The molecule has 1 aliphatic rings. The molecule has 0 fully saturated rings. The van der Waals surface area contributed by atoms with Gasteiger partial charge in [0.05, 0.1) is 7.11 Å². The van der Waals surface area contributed by atoms with Gasteiger partial charge in [-0.25, -0.2) is 4.79 Å². The van der Waals surface area contributed by atoms with Crippen LogP contribution in [-0.4, -0.2) is 19.0 Å². The summed E-state index contributed by atoms with van der Waals surface area (Å²) in [5.74, 6) is -1.58. The zero-order valence-electron chi connectivity index (χ0n) is 9.79. The number of carbonyl (C=O) groups is 2. The molecule has 4 heteroatoms. The zero-order valence-corrected chi connectivity index (χ0v) is 9.79. The standard InChI is InChI=1S/C13H15NO3/c1-17-13(16)12(15)14-11-8-4-6-9-5-2-3-7-10(9)11/h4,6,8H,2-3,5,7H2,1H3,(H,14,15). The molecule has 0 bridgehead atoms. The lowest BCUT2D eigenvalue weighted by Gasteiger charge is -2.19.